The Morgan fingerprint density at radius 3 is 2.57 bits per heavy atom. The molecule has 0 N–H and O–H groups in total. The van der Waals surface area contributed by atoms with Gasteiger partial charge < -0.3 is 9.47 Å². The summed E-state index contributed by atoms with van der Waals surface area (Å²) in [7, 11) is 3.12. The molecule has 2 aromatic carbocycles. The minimum atomic E-state index is -0.497. The number of methoxy groups -OCH3 is 2. The fraction of sp³-hybridized carbons (Fsp3) is 0.118. The molecule has 2 aromatic heterocycles. The van der Waals surface area contributed by atoms with Crippen LogP contribution in [-0.2, 0) is 0 Å². The summed E-state index contributed by atoms with van der Waals surface area (Å²) in [6, 6.07) is 9.65. The standard InChI is InChI=1S/C17H12ClN5O4S/c1-26-13-6-3-9(7-14(13)27-2)15-19-20-17-22(15)21-16(28-17)11-5-4-10(23(24)25)8-12(11)18/h3-8H,1-2H3. The average molecular weight is 418 g/mol. The van der Waals surface area contributed by atoms with Gasteiger partial charge in [-0.05, 0) is 24.3 Å². The van der Waals surface area contributed by atoms with Crippen molar-refractivity contribution in [3.63, 3.8) is 0 Å². The number of halogens is 1. The zero-order chi connectivity index (χ0) is 19.8. The highest BCUT2D eigenvalue weighted by atomic mass is 35.5. The number of hydrogen-bond donors (Lipinski definition) is 0. The minimum absolute atomic E-state index is 0.0808. The lowest BCUT2D eigenvalue weighted by Gasteiger charge is -2.08. The Balaban J connectivity index is 1.79. The number of non-ortho nitro benzene ring substituents is 1. The van der Waals surface area contributed by atoms with Gasteiger partial charge in [-0.2, -0.15) is 9.61 Å². The highest BCUT2D eigenvalue weighted by Crippen LogP contribution is 2.36. The number of hydrogen-bond acceptors (Lipinski definition) is 8. The third-order valence-electron chi connectivity index (χ3n) is 4.03. The largest absolute Gasteiger partial charge is 0.493 e. The smallest absolute Gasteiger partial charge is 0.270 e. The Kier molecular flexibility index (Phi) is 4.57. The first-order chi connectivity index (χ1) is 13.5. The molecule has 0 spiro atoms. The van der Waals surface area contributed by atoms with Crippen molar-refractivity contribution in [2.75, 3.05) is 14.2 Å². The van der Waals surface area contributed by atoms with Crippen LogP contribution in [0.2, 0.25) is 5.02 Å². The van der Waals surface area contributed by atoms with E-state index >= 15 is 0 Å². The molecule has 0 saturated heterocycles. The molecule has 4 aromatic rings. The molecular weight excluding hydrogens is 406 g/mol. The summed E-state index contributed by atoms with van der Waals surface area (Å²) in [5.41, 5.74) is 1.25. The molecule has 9 nitrogen and oxygen atoms in total. The number of nitro benzene ring substituents is 1. The van der Waals surface area contributed by atoms with Crippen LogP contribution in [0.15, 0.2) is 36.4 Å². The molecule has 28 heavy (non-hydrogen) atoms. The predicted octanol–water partition coefficient (Wildman–Crippen LogP) is 4.10. The zero-order valence-corrected chi connectivity index (χ0v) is 16.2. The van der Waals surface area contributed by atoms with Crippen LogP contribution >= 0.6 is 22.9 Å². The third kappa shape index (κ3) is 3.02. The van der Waals surface area contributed by atoms with Gasteiger partial charge in [-0.3, -0.25) is 10.1 Å². The van der Waals surface area contributed by atoms with E-state index in [9.17, 15) is 10.1 Å². The topological polar surface area (TPSA) is 105 Å². The highest BCUT2D eigenvalue weighted by molar-refractivity contribution is 7.19. The van der Waals surface area contributed by atoms with Crippen molar-refractivity contribution in [3.05, 3.63) is 51.5 Å². The molecule has 0 unspecified atom stereocenters. The number of benzene rings is 2. The lowest BCUT2D eigenvalue weighted by molar-refractivity contribution is -0.384. The minimum Gasteiger partial charge on any atom is -0.493 e. The first kappa shape index (κ1) is 18.1. The molecule has 0 fully saturated rings. The van der Waals surface area contributed by atoms with Crippen LogP contribution in [0, 0.1) is 10.1 Å². The monoisotopic (exact) mass is 417 g/mol. The molecular formula is C17H12ClN5O4S. The van der Waals surface area contributed by atoms with Gasteiger partial charge in [0.25, 0.3) is 5.69 Å². The summed E-state index contributed by atoms with van der Waals surface area (Å²) in [5, 5.41) is 24.6. The van der Waals surface area contributed by atoms with Crippen molar-refractivity contribution in [2.24, 2.45) is 0 Å². The number of nitro groups is 1. The lowest BCUT2D eigenvalue weighted by atomic mass is 10.2. The van der Waals surface area contributed by atoms with Crippen LogP contribution in [0.4, 0.5) is 5.69 Å². The quantitative estimate of drug-likeness (QED) is 0.355. The van der Waals surface area contributed by atoms with Crippen molar-refractivity contribution >= 4 is 33.6 Å². The summed E-state index contributed by atoms with van der Waals surface area (Å²) >= 11 is 7.50. The molecule has 0 saturated carbocycles. The van der Waals surface area contributed by atoms with E-state index in [1.807, 2.05) is 6.07 Å². The van der Waals surface area contributed by atoms with Crippen molar-refractivity contribution < 1.29 is 14.4 Å². The van der Waals surface area contributed by atoms with Gasteiger partial charge in [-0.25, -0.2) is 0 Å². The van der Waals surface area contributed by atoms with Crippen LogP contribution in [0.5, 0.6) is 11.5 Å². The maximum atomic E-state index is 10.9. The Morgan fingerprint density at radius 1 is 1.11 bits per heavy atom. The molecule has 4 rings (SSSR count). The number of rotatable bonds is 5. The fourth-order valence-electron chi connectivity index (χ4n) is 2.67. The van der Waals surface area contributed by atoms with E-state index in [1.165, 1.54) is 23.5 Å². The van der Waals surface area contributed by atoms with Gasteiger partial charge in [0.2, 0.25) is 4.96 Å². The van der Waals surface area contributed by atoms with Crippen LogP contribution in [0.3, 0.4) is 0 Å². The Labute approximate surface area is 167 Å². The Hall–Kier alpha value is -3.24. The predicted molar refractivity (Wildman–Crippen MR) is 104 cm³/mol. The van der Waals surface area contributed by atoms with Gasteiger partial charge in [0.15, 0.2) is 17.3 Å². The summed E-state index contributed by atoms with van der Waals surface area (Å²) in [6.07, 6.45) is 0. The molecule has 2 heterocycles. The number of nitrogens with zero attached hydrogens (tertiary/aromatic N) is 5. The Bertz CT molecular complexity index is 1210. The van der Waals surface area contributed by atoms with E-state index in [2.05, 4.69) is 15.3 Å². The summed E-state index contributed by atoms with van der Waals surface area (Å²) in [5.74, 6) is 1.69. The molecule has 0 aliphatic rings. The molecule has 142 valence electrons. The first-order valence-electron chi connectivity index (χ1n) is 7.90. The maximum Gasteiger partial charge on any atom is 0.270 e. The van der Waals surface area contributed by atoms with Gasteiger partial charge in [0.1, 0.15) is 5.01 Å². The summed E-state index contributed by atoms with van der Waals surface area (Å²) in [6.45, 7) is 0. The van der Waals surface area contributed by atoms with Crippen LogP contribution < -0.4 is 9.47 Å². The Morgan fingerprint density at radius 2 is 1.89 bits per heavy atom. The third-order valence-corrected chi connectivity index (χ3v) is 5.27. The van der Waals surface area contributed by atoms with Gasteiger partial charge in [-0.1, -0.05) is 22.9 Å². The molecule has 0 aliphatic carbocycles. The first-order valence-corrected chi connectivity index (χ1v) is 9.10. The molecule has 0 bridgehead atoms. The molecule has 0 radical (unpaired) electrons. The van der Waals surface area contributed by atoms with Crippen molar-refractivity contribution in [2.45, 2.75) is 0 Å². The van der Waals surface area contributed by atoms with E-state index < -0.39 is 4.92 Å². The van der Waals surface area contributed by atoms with Gasteiger partial charge in [-0.15, -0.1) is 10.2 Å². The van der Waals surface area contributed by atoms with Crippen LogP contribution in [-0.4, -0.2) is 39.0 Å². The van der Waals surface area contributed by atoms with Crippen LogP contribution in [0.1, 0.15) is 0 Å². The second-order valence-corrected chi connectivity index (χ2v) is 6.98. The number of aromatic nitrogens is 4. The molecule has 0 amide bonds. The maximum absolute atomic E-state index is 10.9. The molecule has 11 heteroatoms. The number of ether oxygens (including phenoxy) is 2. The second kappa shape index (κ2) is 7.06. The van der Waals surface area contributed by atoms with Crippen molar-refractivity contribution in [1.82, 2.24) is 19.8 Å². The second-order valence-electron chi connectivity index (χ2n) is 5.62. The SMILES string of the molecule is COc1ccc(-c2nnc3sc(-c4ccc([N+](=O)[O-])cc4Cl)nn23)cc1OC. The molecule has 0 aliphatic heterocycles. The van der Waals surface area contributed by atoms with Crippen molar-refractivity contribution in [1.29, 1.82) is 0 Å². The zero-order valence-electron chi connectivity index (χ0n) is 14.6. The van der Waals surface area contributed by atoms with Crippen molar-refractivity contribution in [3.8, 4) is 33.5 Å². The summed E-state index contributed by atoms with van der Waals surface area (Å²) in [4.78, 5) is 11.0. The van der Waals surface area contributed by atoms with E-state index in [0.717, 1.165) is 5.56 Å². The van der Waals surface area contributed by atoms with E-state index in [0.29, 0.717) is 32.9 Å². The molecule has 0 atom stereocenters. The van der Waals surface area contributed by atoms with Gasteiger partial charge in [0, 0.05) is 23.3 Å². The van der Waals surface area contributed by atoms with E-state index in [1.54, 1.807) is 36.9 Å². The lowest BCUT2D eigenvalue weighted by Crippen LogP contribution is -1.94. The highest BCUT2D eigenvalue weighted by Gasteiger charge is 2.19. The summed E-state index contributed by atoms with van der Waals surface area (Å²) < 4.78 is 12.2. The van der Waals surface area contributed by atoms with Gasteiger partial charge >= 0.3 is 0 Å². The fourth-order valence-corrected chi connectivity index (χ4v) is 3.87. The normalized spacial score (nSPS) is 11.0. The van der Waals surface area contributed by atoms with E-state index in [-0.39, 0.29) is 10.7 Å². The van der Waals surface area contributed by atoms with Crippen LogP contribution in [0.25, 0.3) is 26.9 Å². The van der Waals surface area contributed by atoms with E-state index in [4.69, 9.17) is 21.1 Å². The number of fused-ring (bicyclic) bond motifs is 1. The van der Waals surface area contributed by atoms with Gasteiger partial charge in [0.05, 0.1) is 24.2 Å². The average Bonchev–Trinajstić information content (AvgIpc) is 3.28.